The van der Waals surface area contributed by atoms with Gasteiger partial charge in [0.25, 0.3) is 5.91 Å². The normalized spacial score (nSPS) is 12.0. The molecule has 1 rings (SSSR count). The lowest BCUT2D eigenvalue weighted by molar-refractivity contribution is -0.142. The van der Waals surface area contributed by atoms with Crippen LogP contribution in [0.1, 0.15) is 20.3 Å². The third-order valence-corrected chi connectivity index (χ3v) is 3.05. The van der Waals surface area contributed by atoms with Crippen LogP contribution in [0.25, 0.3) is 0 Å². The first kappa shape index (κ1) is 16.5. The summed E-state index contributed by atoms with van der Waals surface area (Å²) in [7, 11) is 0. The first-order chi connectivity index (χ1) is 9.38. The monoisotopic (exact) mass is 343 g/mol. The zero-order valence-electron chi connectivity index (χ0n) is 11.4. The van der Waals surface area contributed by atoms with Crippen LogP contribution in [0.15, 0.2) is 28.7 Å². The average molecular weight is 344 g/mol. The van der Waals surface area contributed by atoms with Gasteiger partial charge in [0.15, 0.2) is 6.61 Å². The van der Waals surface area contributed by atoms with Crippen LogP contribution in [0.4, 0.5) is 0 Å². The fourth-order valence-electron chi connectivity index (χ4n) is 1.61. The number of halogens is 1. The van der Waals surface area contributed by atoms with Crippen molar-refractivity contribution in [3.63, 3.8) is 0 Å². The largest absolute Gasteiger partial charge is 0.484 e. The van der Waals surface area contributed by atoms with Crippen molar-refractivity contribution in [2.75, 3.05) is 6.61 Å². The number of amides is 1. The summed E-state index contributed by atoms with van der Waals surface area (Å²) in [5.74, 6) is -0.737. The van der Waals surface area contributed by atoms with Gasteiger partial charge in [-0.2, -0.15) is 0 Å². The van der Waals surface area contributed by atoms with Crippen LogP contribution < -0.4 is 10.1 Å². The lowest BCUT2D eigenvalue weighted by atomic mass is 10.0. The highest BCUT2D eigenvalue weighted by atomic mass is 79.9. The Kier molecular flexibility index (Phi) is 6.51. The number of hydrogen-bond acceptors (Lipinski definition) is 3. The molecule has 0 bridgehead atoms. The minimum absolute atomic E-state index is 0.184. The highest BCUT2D eigenvalue weighted by molar-refractivity contribution is 9.10. The standard InChI is InChI=1S/C14H18BrNO4/c1-9(2)7-12(14(18)19)16-13(17)8-20-11-5-3-10(15)4-6-11/h3-6,9,12H,7-8H2,1-2H3,(H,16,17)(H,18,19). The van der Waals surface area contributed by atoms with Crippen LogP contribution in [0.5, 0.6) is 5.75 Å². The molecule has 6 heteroatoms. The van der Waals surface area contributed by atoms with Crippen LogP contribution in [0.2, 0.25) is 0 Å². The predicted molar refractivity (Wildman–Crippen MR) is 78.7 cm³/mol. The van der Waals surface area contributed by atoms with Gasteiger partial charge in [0.1, 0.15) is 11.8 Å². The molecular weight excluding hydrogens is 326 g/mol. The van der Waals surface area contributed by atoms with E-state index in [0.29, 0.717) is 12.2 Å². The third kappa shape index (κ3) is 6.06. The van der Waals surface area contributed by atoms with Crippen molar-refractivity contribution < 1.29 is 19.4 Å². The van der Waals surface area contributed by atoms with E-state index in [-0.39, 0.29) is 12.5 Å². The molecule has 1 amide bonds. The maximum atomic E-state index is 11.7. The highest BCUT2D eigenvalue weighted by Gasteiger charge is 2.21. The molecule has 5 nitrogen and oxygen atoms in total. The first-order valence-electron chi connectivity index (χ1n) is 6.29. The van der Waals surface area contributed by atoms with Crippen molar-refractivity contribution in [3.8, 4) is 5.75 Å². The molecule has 0 heterocycles. The van der Waals surface area contributed by atoms with E-state index in [2.05, 4.69) is 21.2 Å². The lowest BCUT2D eigenvalue weighted by Crippen LogP contribution is -2.43. The van der Waals surface area contributed by atoms with E-state index >= 15 is 0 Å². The second-order valence-corrected chi connectivity index (χ2v) is 5.75. The van der Waals surface area contributed by atoms with E-state index < -0.39 is 17.9 Å². The number of carbonyl (C=O) groups excluding carboxylic acids is 1. The van der Waals surface area contributed by atoms with Crippen LogP contribution in [-0.4, -0.2) is 29.6 Å². The van der Waals surface area contributed by atoms with Gasteiger partial charge in [0, 0.05) is 4.47 Å². The van der Waals surface area contributed by atoms with E-state index in [4.69, 9.17) is 9.84 Å². The molecule has 1 aromatic carbocycles. The summed E-state index contributed by atoms with van der Waals surface area (Å²) in [5, 5.41) is 11.5. The van der Waals surface area contributed by atoms with Gasteiger partial charge < -0.3 is 15.2 Å². The fourth-order valence-corrected chi connectivity index (χ4v) is 1.87. The van der Waals surface area contributed by atoms with Crippen LogP contribution >= 0.6 is 15.9 Å². The Morgan fingerprint density at radius 3 is 2.40 bits per heavy atom. The molecule has 1 unspecified atom stereocenters. The van der Waals surface area contributed by atoms with Gasteiger partial charge in [-0.3, -0.25) is 4.79 Å². The van der Waals surface area contributed by atoms with Gasteiger partial charge in [0.2, 0.25) is 0 Å². The zero-order chi connectivity index (χ0) is 15.1. The summed E-state index contributed by atoms with van der Waals surface area (Å²) in [5.41, 5.74) is 0. The molecule has 0 saturated heterocycles. The zero-order valence-corrected chi connectivity index (χ0v) is 13.0. The molecule has 0 spiro atoms. The number of rotatable bonds is 7. The number of aliphatic carboxylic acids is 1. The minimum Gasteiger partial charge on any atom is -0.484 e. The number of nitrogens with one attached hydrogen (secondary N) is 1. The van der Waals surface area contributed by atoms with E-state index in [1.54, 1.807) is 24.3 Å². The summed E-state index contributed by atoms with van der Waals surface area (Å²) in [6.45, 7) is 3.60. The maximum absolute atomic E-state index is 11.7. The summed E-state index contributed by atoms with van der Waals surface area (Å²) < 4.78 is 6.20. The fraction of sp³-hybridized carbons (Fsp3) is 0.429. The molecule has 1 atom stereocenters. The Balaban J connectivity index is 2.45. The van der Waals surface area contributed by atoms with Crippen molar-refractivity contribution >= 4 is 27.8 Å². The van der Waals surface area contributed by atoms with Crippen molar-refractivity contribution in [1.29, 1.82) is 0 Å². The third-order valence-electron chi connectivity index (χ3n) is 2.52. The van der Waals surface area contributed by atoms with E-state index in [9.17, 15) is 9.59 Å². The van der Waals surface area contributed by atoms with E-state index in [1.165, 1.54) is 0 Å². The smallest absolute Gasteiger partial charge is 0.326 e. The summed E-state index contributed by atoms with van der Waals surface area (Å²) >= 11 is 3.30. The SMILES string of the molecule is CC(C)CC(NC(=O)COc1ccc(Br)cc1)C(=O)O. The minimum atomic E-state index is -1.03. The molecular formula is C14H18BrNO4. The van der Waals surface area contributed by atoms with Gasteiger partial charge in [-0.15, -0.1) is 0 Å². The molecule has 0 radical (unpaired) electrons. The second-order valence-electron chi connectivity index (χ2n) is 4.83. The molecule has 1 aromatic rings. The predicted octanol–water partition coefficient (Wildman–Crippen LogP) is 2.44. The molecule has 0 aliphatic rings. The van der Waals surface area contributed by atoms with Crippen LogP contribution in [0, 0.1) is 5.92 Å². The van der Waals surface area contributed by atoms with Gasteiger partial charge in [-0.05, 0) is 36.6 Å². The first-order valence-corrected chi connectivity index (χ1v) is 7.08. The van der Waals surface area contributed by atoms with Gasteiger partial charge in [-0.25, -0.2) is 4.79 Å². The van der Waals surface area contributed by atoms with E-state index in [1.807, 2.05) is 13.8 Å². The molecule has 20 heavy (non-hydrogen) atoms. The number of carboxylic acids is 1. The molecule has 0 fully saturated rings. The van der Waals surface area contributed by atoms with Crippen molar-refractivity contribution in [2.45, 2.75) is 26.3 Å². The second kappa shape index (κ2) is 7.89. The Morgan fingerprint density at radius 2 is 1.90 bits per heavy atom. The van der Waals surface area contributed by atoms with Crippen molar-refractivity contribution in [3.05, 3.63) is 28.7 Å². The average Bonchev–Trinajstić information content (AvgIpc) is 2.36. The highest BCUT2D eigenvalue weighted by Crippen LogP contribution is 2.15. The van der Waals surface area contributed by atoms with Crippen LogP contribution in [0.3, 0.4) is 0 Å². The summed E-state index contributed by atoms with van der Waals surface area (Å²) in [6, 6.07) is 6.16. The quantitative estimate of drug-likeness (QED) is 0.797. The van der Waals surface area contributed by atoms with E-state index in [0.717, 1.165) is 4.47 Å². The number of carbonyl (C=O) groups is 2. The Morgan fingerprint density at radius 1 is 1.30 bits per heavy atom. The Bertz CT molecular complexity index is 459. The van der Waals surface area contributed by atoms with Gasteiger partial charge in [0.05, 0.1) is 0 Å². The summed E-state index contributed by atoms with van der Waals surface area (Å²) in [6.07, 6.45) is 0.388. The molecule has 110 valence electrons. The Labute approximate surface area is 126 Å². The van der Waals surface area contributed by atoms with Crippen molar-refractivity contribution in [1.82, 2.24) is 5.32 Å². The topological polar surface area (TPSA) is 75.6 Å². The molecule has 2 N–H and O–H groups in total. The Hall–Kier alpha value is -1.56. The van der Waals surface area contributed by atoms with Crippen molar-refractivity contribution in [2.24, 2.45) is 5.92 Å². The number of ether oxygens (including phenoxy) is 1. The van der Waals surface area contributed by atoms with Crippen LogP contribution in [-0.2, 0) is 9.59 Å². The molecule has 0 saturated carbocycles. The molecule has 0 aromatic heterocycles. The molecule has 0 aliphatic carbocycles. The maximum Gasteiger partial charge on any atom is 0.326 e. The van der Waals surface area contributed by atoms with Gasteiger partial charge in [-0.1, -0.05) is 29.8 Å². The lowest BCUT2D eigenvalue weighted by Gasteiger charge is -2.16. The summed E-state index contributed by atoms with van der Waals surface area (Å²) in [4.78, 5) is 22.7. The van der Waals surface area contributed by atoms with Gasteiger partial charge >= 0.3 is 5.97 Å². The number of benzene rings is 1. The number of carboxylic acid groups (broad SMARTS) is 1. The molecule has 0 aliphatic heterocycles. The number of hydrogen-bond donors (Lipinski definition) is 2.